The fourth-order valence-corrected chi connectivity index (χ4v) is 5.23. The van der Waals surface area contributed by atoms with Crippen LogP contribution in [0.5, 0.6) is 0 Å². The van der Waals surface area contributed by atoms with Crippen LogP contribution in [0.3, 0.4) is 0 Å². The molecule has 6 nitrogen and oxygen atoms in total. The van der Waals surface area contributed by atoms with Gasteiger partial charge in [0.1, 0.15) is 11.6 Å². The van der Waals surface area contributed by atoms with E-state index in [0.717, 1.165) is 49.7 Å². The zero-order valence-corrected chi connectivity index (χ0v) is 21.1. The Morgan fingerprint density at radius 2 is 0.973 bits per heavy atom. The smallest absolute Gasteiger partial charge is 0.178 e. The van der Waals surface area contributed by atoms with E-state index >= 15 is 0 Å². The number of nitrogens with zero attached hydrogens (tertiary/aromatic N) is 6. The summed E-state index contributed by atoms with van der Waals surface area (Å²) in [5, 5.41) is 0. The molecule has 7 rings (SSSR count). The molecule has 0 saturated heterocycles. The maximum absolute atomic E-state index is 4.95. The van der Waals surface area contributed by atoms with Crippen LogP contribution in [0, 0.1) is 0 Å². The average molecular weight is 543 g/mol. The third-order valence-electron chi connectivity index (χ3n) is 6.30. The van der Waals surface area contributed by atoms with Crippen LogP contribution < -0.4 is 0 Å². The van der Waals surface area contributed by atoms with Crippen molar-refractivity contribution in [2.24, 2.45) is 0 Å². The average Bonchev–Trinajstić information content (AvgIpc) is 3.53. The zero-order chi connectivity index (χ0) is 24.8. The van der Waals surface area contributed by atoms with Gasteiger partial charge in [-0.3, -0.25) is 9.13 Å². The summed E-state index contributed by atoms with van der Waals surface area (Å²) in [4.78, 5) is 19.0. The topological polar surface area (TPSA) is 61.4 Å². The lowest BCUT2D eigenvalue weighted by molar-refractivity contribution is 1.09. The highest BCUT2D eigenvalue weighted by molar-refractivity contribution is 9.10. The van der Waals surface area contributed by atoms with Crippen LogP contribution in [0.2, 0.25) is 0 Å². The Kier molecular flexibility index (Phi) is 5.15. The molecule has 37 heavy (non-hydrogen) atoms. The van der Waals surface area contributed by atoms with Gasteiger partial charge in [-0.2, -0.15) is 0 Å². The van der Waals surface area contributed by atoms with Gasteiger partial charge in [-0.05, 0) is 66.7 Å². The fourth-order valence-electron chi connectivity index (χ4n) is 4.74. The second-order valence-corrected chi connectivity index (χ2v) is 9.55. The van der Waals surface area contributed by atoms with Crippen LogP contribution in [-0.2, 0) is 0 Å². The van der Waals surface area contributed by atoms with Gasteiger partial charge in [0.2, 0.25) is 0 Å². The second kappa shape index (κ2) is 8.80. The minimum absolute atomic E-state index is 0.698. The quantitative estimate of drug-likeness (QED) is 0.235. The molecule has 0 atom stereocenters. The van der Waals surface area contributed by atoms with E-state index in [2.05, 4.69) is 77.5 Å². The predicted octanol–water partition coefficient (Wildman–Crippen LogP) is 7.25. The van der Waals surface area contributed by atoms with Gasteiger partial charge in [0, 0.05) is 39.4 Å². The number of fused-ring (bicyclic) bond motifs is 2. The molecule has 0 radical (unpaired) electrons. The molecule has 0 aliphatic carbocycles. The minimum Gasteiger partial charge on any atom is -0.291 e. The molecule has 0 amide bonds. The third kappa shape index (κ3) is 3.72. The van der Waals surface area contributed by atoms with Crippen molar-refractivity contribution in [1.29, 1.82) is 0 Å². The number of halogens is 1. The Morgan fingerprint density at radius 3 is 1.43 bits per heavy atom. The van der Waals surface area contributed by atoms with Crippen molar-refractivity contribution >= 4 is 38.3 Å². The van der Waals surface area contributed by atoms with Gasteiger partial charge in [-0.1, -0.05) is 52.3 Å². The summed E-state index contributed by atoms with van der Waals surface area (Å²) < 4.78 is 5.23. The van der Waals surface area contributed by atoms with Gasteiger partial charge in [0.05, 0.1) is 11.0 Å². The molecule has 0 fully saturated rings. The first-order valence-electron chi connectivity index (χ1n) is 11.9. The van der Waals surface area contributed by atoms with Crippen LogP contribution in [0.25, 0.3) is 56.5 Å². The van der Waals surface area contributed by atoms with E-state index in [1.54, 1.807) is 12.4 Å². The fraction of sp³-hybridized carbons (Fsp3) is 0. The number of rotatable bonds is 4. The van der Waals surface area contributed by atoms with E-state index in [1.165, 1.54) is 0 Å². The molecule has 176 valence electrons. The largest absolute Gasteiger partial charge is 0.291 e. The standard InChI is InChI=1S/C30H19BrN6/c31-22-18-20(29-34-27-25(13-7-15-32-27)36(29)23-9-3-1-4-10-23)17-21(19-22)30-35-28-26(14-8-16-33-28)37(30)24-11-5-2-6-12-24/h1-19H. The van der Waals surface area contributed by atoms with Crippen molar-refractivity contribution in [3.63, 3.8) is 0 Å². The van der Waals surface area contributed by atoms with Crippen LogP contribution in [0.4, 0.5) is 0 Å². The molecule has 0 aliphatic rings. The summed E-state index contributed by atoms with van der Waals surface area (Å²) in [6.45, 7) is 0. The van der Waals surface area contributed by atoms with Crippen molar-refractivity contribution in [1.82, 2.24) is 29.1 Å². The minimum atomic E-state index is 0.698. The lowest BCUT2D eigenvalue weighted by Crippen LogP contribution is -1.99. The van der Waals surface area contributed by atoms with Crippen LogP contribution >= 0.6 is 15.9 Å². The number of para-hydroxylation sites is 2. The molecule has 0 bridgehead atoms. The SMILES string of the molecule is Brc1cc(-c2nc3ncccc3n2-c2ccccc2)cc(-c2nc3ncccc3n2-c2ccccc2)c1. The predicted molar refractivity (Wildman–Crippen MR) is 150 cm³/mol. The van der Waals surface area contributed by atoms with Gasteiger partial charge in [-0.25, -0.2) is 19.9 Å². The number of hydrogen-bond acceptors (Lipinski definition) is 4. The summed E-state index contributed by atoms with van der Waals surface area (Å²) in [5.74, 6) is 1.62. The highest BCUT2D eigenvalue weighted by Gasteiger charge is 2.19. The van der Waals surface area contributed by atoms with Gasteiger partial charge < -0.3 is 0 Å². The Hall–Kier alpha value is -4.62. The third-order valence-corrected chi connectivity index (χ3v) is 6.76. The molecular weight excluding hydrogens is 524 g/mol. The van der Waals surface area contributed by atoms with Crippen molar-refractivity contribution in [3.05, 3.63) is 120 Å². The Morgan fingerprint density at radius 1 is 0.514 bits per heavy atom. The maximum Gasteiger partial charge on any atom is 0.178 e. The van der Waals surface area contributed by atoms with Gasteiger partial charge >= 0.3 is 0 Å². The number of hydrogen-bond donors (Lipinski definition) is 0. The molecule has 0 saturated carbocycles. The molecule has 4 heterocycles. The number of imidazole rings is 2. The Bertz CT molecular complexity index is 1750. The Labute approximate surface area is 221 Å². The maximum atomic E-state index is 4.95. The summed E-state index contributed by atoms with van der Waals surface area (Å²) in [6.07, 6.45) is 3.55. The monoisotopic (exact) mass is 542 g/mol. The highest BCUT2D eigenvalue weighted by atomic mass is 79.9. The van der Waals surface area contributed by atoms with Crippen molar-refractivity contribution < 1.29 is 0 Å². The van der Waals surface area contributed by atoms with E-state index in [4.69, 9.17) is 9.97 Å². The van der Waals surface area contributed by atoms with E-state index in [-0.39, 0.29) is 0 Å². The molecule has 0 aliphatic heterocycles. The van der Waals surface area contributed by atoms with Crippen LogP contribution in [-0.4, -0.2) is 29.1 Å². The summed E-state index contributed by atoms with van der Waals surface area (Å²) in [5.41, 5.74) is 7.24. The number of benzene rings is 3. The molecule has 0 unspecified atom stereocenters. The molecule has 0 spiro atoms. The van der Waals surface area contributed by atoms with Crippen molar-refractivity contribution in [2.45, 2.75) is 0 Å². The highest BCUT2D eigenvalue weighted by Crippen LogP contribution is 2.35. The molecular formula is C30H19BrN6. The summed E-state index contributed by atoms with van der Waals surface area (Å²) >= 11 is 3.75. The van der Waals surface area contributed by atoms with E-state index in [1.807, 2.05) is 60.7 Å². The lowest BCUT2D eigenvalue weighted by Gasteiger charge is -2.13. The van der Waals surface area contributed by atoms with Gasteiger partial charge in [0.15, 0.2) is 11.3 Å². The lowest BCUT2D eigenvalue weighted by atomic mass is 10.1. The number of aromatic nitrogens is 6. The van der Waals surface area contributed by atoms with Crippen LogP contribution in [0.1, 0.15) is 0 Å². The van der Waals surface area contributed by atoms with Gasteiger partial charge in [-0.15, -0.1) is 0 Å². The molecule has 7 aromatic rings. The van der Waals surface area contributed by atoms with E-state index < -0.39 is 0 Å². The Balaban J connectivity index is 1.49. The molecule has 7 heteroatoms. The first-order chi connectivity index (χ1) is 18.3. The van der Waals surface area contributed by atoms with E-state index in [0.29, 0.717) is 11.3 Å². The second-order valence-electron chi connectivity index (χ2n) is 8.63. The first kappa shape index (κ1) is 21.6. The molecule has 0 N–H and O–H groups in total. The normalized spacial score (nSPS) is 11.4. The van der Waals surface area contributed by atoms with Crippen LogP contribution in [0.15, 0.2) is 120 Å². The molecule has 3 aromatic carbocycles. The van der Waals surface area contributed by atoms with Crippen molar-refractivity contribution in [2.75, 3.05) is 0 Å². The summed E-state index contributed by atoms with van der Waals surface area (Å²) in [7, 11) is 0. The summed E-state index contributed by atoms with van der Waals surface area (Å²) in [6, 6.07) is 34.7. The molecule has 4 aromatic heterocycles. The first-order valence-corrected chi connectivity index (χ1v) is 12.6. The van der Waals surface area contributed by atoms with Gasteiger partial charge in [0.25, 0.3) is 0 Å². The van der Waals surface area contributed by atoms with Crippen molar-refractivity contribution in [3.8, 4) is 34.2 Å². The zero-order valence-electron chi connectivity index (χ0n) is 19.5. The van der Waals surface area contributed by atoms with E-state index in [9.17, 15) is 0 Å². The number of pyridine rings is 2.